The van der Waals surface area contributed by atoms with Crippen LogP contribution in [0.4, 0.5) is 11.8 Å². The summed E-state index contributed by atoms with van der Waals surface area (Å²) in [4.78, 5) is 27.3. The van der Waals surface area contributed by atoms with E-state index in [1.807, 2.05) is 12.3 Å². The summed E-state index contributed by atoms with van der Waals surface area (Å²) in [5.74, 6) is 1.07. The number of carbonyl (C=O) groups is 1. The predicted molar refractivity (Wildman–Crippen MR) is 133 cm³/mol. The van der Waals surface area contributed by atoms with Crippen molar-refractivity contribution in [3.8, 4) is 0 Å². The molecule has 0 radical (unpaired) electrons. The molecule has 3 saturated heterocycles. The lowest BCUT2D eigenvalue weighted by Gasteiger charge is -2.42. The van der Waals surface area contributed by atoms with E-state index in [1.54, 1.807) is 0 Å². The molecule has 4 rings (SSSR count). The van der Waals surface area contributed by atoms with Gasteiger partial charge in [-0.25, -0.2) is 4.98 Å². The summed E-state index contributed by atoms with van der Waals surface area (Å²) in [6, 6.07) is 2.97. The van der Waals surface area contributed by atoms with Crippen LogP contribution in [-0.4, -0.2) is 88.7 Å². The largest absolute Gasteiger partial charge is 0.480 e. The second-order valence-corrected chi connectivity index (χ2v) is 9.02. The summed E-state index contributed by atoms with van der Waals surface area (Å²) in [6.45, 7) is 6.26. The highest BCUT2D eigenvalue weighted by atomic mass is 35.5. The SMILES string of the molecule is Cl.Cl.O=C(O)CN1CCC(N2CCCC(Nc3nccc(N4CCCCCC4)n3)C2)CC1. The van der Waals surface area contributed by atoms with Gasteiger partial charge < -0.3 is 15.3 Å². The minimum absolute atomic E-state index is 0. The fraction of sp³-hybridized carbons (Fsp3) is 0.773. The minimum Gasteiger partial charge on any atom is -0.480 e. The summed E-state index contributed by atoms with van der Waals surface area (Å²) in [5, 5.41) is 12.6. The highest BCUT2D eigenvalue weighted by molar-refractivity contribution is 5.85. The van der Waals surface area contributed by atoms with Gasteiger partial charge in [0.1, 0.15) is 5.82 Å². The third-order valence-corrected chi connectivity index (χ3v) is 6.79. The zero-order valence-electron chi connectivity index (χ0n) is 18.8. The number of piperidine rings is 2. The number of carboxylic acid groups (broad SMARTS) is 1. The topological polar surface area (TPSA) is 84.8 Å². The molecule has 3 aliphatic heterocycles. The van der Waals surface area contributed by atoms with Crippen LogP contribution < -0.4 is 10.2 Å². The van der Waals surface area contributed by atoms with Gasteiger partial charge in [0.05, 0.1) is 6.54 Å². The quantitative estimate of drug-likeness (QED) is 0.631. The Morgan fingerprint density at radius 2 is 1.72 bits per heavy atom. The van der Waals surface area contributed by atoms with Crippen molar-refractivity contribution in [2.24, 2.45) is 0 Å². The van der Waals surface area contributed by atoms with Gasteiger partial charge in [-0.3, -0.25) is 14.6 Å². The third-order valence-electron chi connectivity index (χ3n) is 6.79. The van der Waals surface area contributed by atoms with Gasteiger partial charge in [0.15, 0.2) is 0 Å². The van der Waals surface area contributed by atoms with Crippen molar-refractivity contribution in [1.82, 2.24) is 19.8 Å². The Kier molecular flexibility index (Phi) is 11.2. The lowest BCUT2D eigenvalue weighted by molar-refractivity contribution is -0.138. The second kappa shape index (κ2) is 13.4. The number of hydrogen-bond acceptors (Lipinski definition) is 7. The van der Waals surface area contributed by atoms with Crippen LogP contribution in [0.5, 0.6) is 0 Å². The summed E-state index contributed by atoms with van der Waals surface area (Å²) < 4.78 is 0. The number of hydrogen-bond donors (Lipinski definition) is 2. The Hall–Kier alpha value is -1.35. The molecular formula is C22H38Cl2N6O2. The molecule has 1 unspecified atom stereocenters. The highest BCUT2D eigenvalue weighted by Gasteiger charge is 2.29. The maximum atomic E-state index is 10.9. The molecule has 0 spiro atoms. The van der Waals surface area contributed by atoms with Crippen LogP contribution in [0.15, 0.2) is 12.3 Å². The first-order chi connectivity index (χ1) is 14.7. The van der Waals surface area contributed by atoms with E-state index in [-0.39, 0.29) is 31.4 Å². The molecular weight excluding hydrogens is 451 g/mol. The van der Waals surface area contributed by atoms with Crippen molar-refractivity contribution in [2.45, 2.75) is 63.5 Å². The molecule has 8 nitrogen and oxygen atoms in total. The number of aliphatic carboxylic acids is 1. The van der Waals surface area contributed by atoms with Crippen LogP contribution in [0.3, 0.4) is 0 Å². The van der Waals surface area contributed by atoms with E-state index in [0.29, 0.717) is 12.1 Å². The van der Waals surface area contributed by atoms with Crippen molar-refractivity contribution < 1.29 is 9.90 Å². The Balaban J connectivity index is 0.00000181. The second-order valence-electron chi connectivity index (χ2n) is 9.02. The number of likely N-dealkylation sites (tertiary alicyclic amines) is 2. The van der Waals surface area contributed by atoms with Crippen molar-refractivity contribution in [3.05, 3.63) is 12.3 Å². The summed E-state index contributed by atoms with van der Waals surface area (Å²) in [5.41, 5.74) is 0. The van der Waals surface area contributed by atoms with Gasteiger partial charge in [0.25, 0.3) is 0 Å². The van der Waals surface area contributed by atoms with E-state index in [1.165, 1.54) is 32.1 Å². The number of rotatable bonds is 6. The van der Waals surface area contributed by atoms with Crippen LogP contribution in [0.1, 0.15) is 51.4 Å². The number of anilines is 2. The number of carboxylic acids is 1. The normalized spacial score (nSPS) is 23.5. The van der Waals surface area contributed by atoms with E-state index < -0.39 is 5.97 Å². The lowest BCUT2D eigenvalue weighted by Crippen LogP contribution is -2.51. The smallest absolute Gasteiger partial charge is 0.317 e. The number of nitrogens with one attached hydrogen (secondary N) is 1. The van der Waals surface area contributed by atoms with Gasteiger partial charge in [-0.1, -0.05) is 12.8 Å². The van der Waals surface area contributed by atoms with Crippen molar-refractivity contribution in [2.75, 3.05) is 56.0 Å². The molecule has 0 amide bonds. The van der Waals surface area contributed by atoms with Gasteiger partial charge in [0, 0.05) is 51.0 Å². The first-order valence-corrected chi connectivity index (χ1v) is 11.7. The van der Waals surface area contributed by atoms with Crippen molar-refractivity contribution >= 4 is 42.5 Å². The average Bonchev–Trinajstić information content (AvgIpc) is 3.04. The van der Waals surface area contributed by atoms with Crippen LogP contribution in [0.25, 0.3) is 0 Å². The Bertz CT molecular complexity index is 697. The van der Waals surface area contributed by atoms with E-state index in [4.69, 9.17) is 10.1 Å². The Labute approximate surface area is 204 Å². The van der Waals surface area contributed by atoms with E-state index in [2.05, 4.69) is 25.0 Å². The van der Waals surface area contributed by atoms with Crippen LogP contribution in [0.2, 0.25) is 0 Å². The molecule has 32 heavy (non-hydrogen) atoms. The van der Waals surface area contributed by atoms with Gasteiger partial charge in [-0.2, -0.15) is 4.98 Å². The maximum absolute atomic E-state index is 10.9. The predicted octanol–water partition coefficient (Wildman–Crippen LogP) is 3.13. The Morgan fingerprint density at radius 3 is 2.41 bits per heavy atom. The molecule has 10 heteroatoms. The highest BCUT2D eigenvalue weighted by Crippen LogP contribution is 2.23. The third kappa shape index (κ3) is 7.61. The van der Waals surface area contributed by atoms with E-state index in [9.17, 15) is 4.79 Å². The fourth-order valence-electron chi connectivity index (χ4n) is 5.17. The van der Waals surface area contributed by atoms with Crippen LogP contribution >= 0.6 is 24.8 Å². The molecule has 182 valence electrons. The lowest BCUT2D eigenvalue weighted by atomic mass is 9.98. The first-order valence-electron chi connectivity index (χ1n) is 11.7. The molecule has 0 saturated carbocycles. The molecule has 4 heterocycles. The fourth-order valence-corrected chi connectivity index (χ4v) is 5.17. The van der Waals surface area contributed by atoms with E-state index in [0.717, 1.165) is 70.3 Å². The summed E-state index contributed by atoms with van der Waals surface area (Å²) >= 11 is 0. The molecule has 1 aromatic heterocycles. The first kappa shape index (κ1) is 26.9. The van der Waals surface area contributed by atoms with Gasteiger partial charge in [-0.05, 0) is 51.1 Å². The van der Waals surface area contributed by atoms with Gasteiger partial charge in [-0.15, -0.1) is 24.8 Å². The monoisotopic (exact) mass is 488 g/mol. The number of halogens is 2. The zero-order valence-corrected chi connectivity index (χ0v) is 20.5. The van der Waals surface area contributed by atoms with Crippen LogP contribution in [-0.2, 0) is 4.79 Å². The molecule has 0 aromatic carbocycles. The molecule has 1 aromatic rings. The van der Waals surface area contributed by atoms with Crippen LogP contribution in [0, 0.1) is 0 Å². The van der Waals surface area contributed by atoms with Crippen molar-refractivity contribution in [3.63, 3.8) is 0 Å². The van der Waals surface area contributed by atoms with Crippen molar-refractivity contribution in [1.29, 1.82) is 0 Å². The molecule has 0 bridgehead atoms. The van der Waals surface area contributed by atoms with Gasteiger partial charge >= 0.3 is 5.97 Å². The Morgan fingerprint density at radius 1 is 1.00 bits per heavy atom. The minimum atomic E-state index is -0.724. The molecule has 0 aliphatic carbocycles. The molecule has 3 aliphatic rings. The van der Waals surface area contributed by atoms with E-state index >= 15 is 0 Å². The summed E-state index contributed by atoms with van der Waals surface area (Å²) in [6.07, 6.45) is 11.5. The maximum Gasteiger partial charge on any atom is 0.317 e. The molecule has 2 N–H and O–H groups in total. The number of aromatic nitrogens is 2. The zero-order chi connectivity index (χ0) is 20.8. The molecule has 1 atom stereocenters. The number of nitrogens with zero attached hydrogens (tertiary/aromatic N) is 5. The summed E-state index contributed by atoms with van der Waals surface area (Å²) in [7, 11) is 0. The standard InChI is InChI=1S/C22H36N6O2.2ClH/c29-21(30)17-26-14-8-19(9-15-26)28-13-5-6-18(16-28)24-22-23-10-7-20(25-22)27-11-3-1-2-4-12-27;;/h7,10,18-19H,1-6,8-9,11-17H2,(H,29,30)(H,23,24,25);2*1H. The average molecular weight is 489 g/mol. The molecule has 3 fully saturated rings. The van der Waals surface area contributed by atoms with Gasteiger partial charge in [0.2, 0.25) is 5.95 Å².